The van der Waals surface area contributed by atoms with E-state index in [2.05, 4.69) is 15.2 Å². The Bertz CT molecular complexity index is 285. The largest absolute Gasteiger partial charge is 0.372 e. The predicted octanol–water partition coefficient (Wildman–Crippen LogP) is 0.695. The molecule has 2 heterocycles. The number of anilines is 1. The van der Waals surface area contributed by atoms with Crippen LogP contribution in [0.25, 0.3) is 0 Å². The van der Waals surface area contributed by atoms with E-state index in [9.17, 15) is 0 Å². The summed E-state index contributed by atoms with van der Waals surface area (Å²) in [5, 5.41) is 7.34. The average molecular weight is 180 g/mol. The van der Waals surface area contributed by atoms with E-state index < -0.39 is 0 Å². The van der Waals surface area contributed by atoms with E-state index in [0.717, 1.165) is 25.1 Å². The van der Waals surface area contributed by atoms with Gasteiger partial charge in [-0.1, -0.05) is 0 Å². The highest BCUT2D eigenvalue weighted by molar-refractivity contribution is 5.15. The minimum absolute atomic E-state index is 0.0616. The molecule has 2 rings (SSSR count). The van der Waals surface area contributed by atoms with Gasteiger partial charge >= 0.3 is 0 Å². The number of rotatable bonds is 1. The molecule has 1 aliphatic heterocycles. The normalized spacial score (nSPS) is 22.9. The SMILES string of the molecule is Nc1nncc(C2CCCCO2)n1. The van der Waals surface area contributed by atoms with Crippen LogP contribution in [0, 0.1) is 0 Å². The second-order valence-corrected chi connectivity index (χ2v) is 3.09. The zero-order valence-corrected chi connectivity index (χ0v) is 7.31. The van der Waals surface area contributed by atoms with Crippen molar-refractivity contribution in [1.82, 2.24) is 15.2 Å². The Kier molecular flexibility index (Phi) is 2.35. The van der Waals surface area contributed by atoms with Crippen LogP contribution in [-0.2, 0) is 4.74 Å². The molecule has 5 nitrogen and oxygen atoms in total. The van der Waals surface area contributed by atoms with E-state index >= 15 is 0 Å². The number of nitrogens with zero attached hydrogens (tertiary/aromatic N) is 3. The van der Waals surface area contributed by atoms with Crippen molar-refractivity contribution in [3.8, 4) is 0 Å². The van der Waals surface area contributed by atoms with Crippen LogP contribution in [0.15, 0.2) is 6.20 Å². The Morgan fingerprint density at radius 1 is 1.46 bits per heavy atom. The number of hydrogen-bond donors (Lipinski definition) is 1. The van der Waals surface area contributed by atoms with Gasteiger partial charge in [0.05, 0.1) is 11.9 Å². The average Bonchev–Trinajstić information content (AvgIpc) is 2.19. The lowest BCUT2D eigenvalue weighted by molar-refractivity contribution is 0.0120. The number of aromatic nitrogens is 3. The summed E-state index contributed by atoms with van der Waals surface area (Å²) in [6.45, 7) is 0.800. The monoisotopic (exact) mass is 180 g/mol. The van der Waals surface area contributed by atoms with Crippen molar-refractivity contribution in [1.29, 1.82) is 0 Å². The summed E-state index contributed by atoms with van der Waals surface area (Å²) in [5.74, 6) is 0.215. The highest BCUT2D eigenvalue weighted by Crippen LogP contribution is 2.25. The molecule has 0 aliphatic carbocycles. The topological polar surface area (TPSA) is 73.9 Å². The molecule has 0 amide bonds. The molecule has 2 N–H and O–H groups in total. The van der Waals surface area contributed by atoms with Gasteiger partial charge in [-0.2, -0.15) is 5.10 Å². The molecule has 0 aromatic carbocycles. The van der Waals surface area contributed by atoms with Crippen LogP contribution in [-0.4, -0.2) is 21.8 Å². The van der Waals surface area contributed by atoms with Crippen LogP contribution in [0.2, 0.25) is 0 Å². The van der Waals surface area contributed by atoms with E-state index in [0.29, 0.717) is 0 Å². The molecule has 0 saturated carbocycles. The molecule has 1 aliphatic rings. The molecule has 13 heavy (non-hydrogen) atoms. The van der Waals surface area contributed by atoms with Crippen LogP contribution in [0.3, 0.4) is 0 Å². The number of nitrogens with two attached hydrogens (primary N) is 1. The number of ether oxygens (including phenoxy) is 1. The van der Waals surface area contributed by atoms with Gasteiger partial charge in [-0.25, -0.2) is 4.98 Å². The lowest BCUT2D eigenvalue weighted by atomic mass is 10.1. The first-order valence-corrected chi connectivity index (χ1v) is 4.43. The van der Waals surface area contributed by atoms with E-state index in [1.807, 2.05) is 0 Å². The van der Waals surface area contributed by atoms with Gasteiger partial charge in [0.15, 0.2) is 0 Å². The molecular weight excluding hydrogens is 168 g/mol. The molecule has 1 saturated heterocycles. The van der Waals surface area contributed by atoms with Crippen molar-refractivity contribution in [3.63, 3.8) is 0 Å². The maximum Gasteiger partial charge on any atom is 0.240 e. The minimum Gasteiger partial charge on any atom is -0.372 e. The molecule has 0 bridgehead atoms. The van der Waals surface area contributed by atoms with Gasteiger partial charge < -0.3 is 10.5 Å². The fraction of sp³-hybridized carbons (Fsp3) is 0.625. The Hall–Kier alpha value is -1.23. The predicted molar refractivity (Wildman–Crippen MR) is 46.8 cm³/mol. The van der Waals surface area contributed by atoms with Crippen molar-refractivity contribution >= 4 is 5.95 Å². The summed E-state index contributed by atoms with van der Waals surface area (Å²) in [6.07, 6.45) is 4.98. The summed E-state index contributed by atoms with van der Waals surface area (Å²) in [6, 6.07) is 0. The lowest BCUT2D eigenvalue weighted by Gasteiger charge is -2.21. The first-order valence-electron chi connectivity index (χ1n) is 4.43. The second-order valence-electron chi connectivity index (χ2n) is 3.09. The molecule has 5 heteroatoms. The van der Waals surface area contributed by atoms with E-state index in [4.69, 9.17) is 10.5 Å². The highest BCUT2D eigenvalue weighted by Gasteiger charge is 2.17. The molecule has 0 spiro atoms. The molecule has 70 valence electrons. The molecular formula is C8H12N4O. The molecule has 1 fully saturated rings. The Morgan fingerprint density at radius 3 is 3.08 bits per heavy atom. The van der Waals surface area contributed by atoms with Crippen LogP contribution >= 0.6 is 0 Å². The van der Waals surface area contributed by atoms with Gasteiger partial charge in [0.1, 0.15) is 6.10 Å². The smallest absolute Gasteiger partial charge is 0.240 e. The minimum atomic E-state index is 0.0616. The van der Waals surface area contributed by atoms with E-state index in [1.165, 1.54) is 6.42 Å². The van der Waals surface area contributed by atoms with Crippen molar-refractivity contribution in [3.05, 3.63) is 11.9 Å². The quantitative estimate of drug-likeness (QED) is 0.688. The van der Waals surface area contributed by atoms with Crippen molar-refractivity contribution in [2.75, 3.05) is 12.3 Å². The lowest BCUT2D eigenvalue weighted by Crippen LogP contribution is -2.14. The maximum atomic E-state index is 5.53. The zero-order chi connectivity index (χ0) is 9.10. The first-order chi connectivity index (χ1) is 6.36. The summed E-state index contributed by atoms with van der Waals surface area (Å²) >= 11 is 0. The molecule has 1 aromatic heterocycles. The Morgan fingerprint density at radius 2 is 2.38 bits per heavy atom. The van der Waals surface area contributed by atoms with Crippen molar-refractivity contribution in [2.24, 2.45) is 0 Å². The molecule has 1 atom stereocenters. The summed E-state index contributed by atoms with van der Waals surface area (Å²) in [4.78, 5) is 4.08. The molecule has 0 radical (unpaired) electrons. The summed E-state index contributed by atoms with van der Waals surface area (Å²) in [7, 11) is 0. The van der Waals surface area contributed by atoms with Crippen molar-refractivity contribution < 1.29 is 4.74 Å². The third kappa shape index (κ3) is 1.92. The van der Waals surface area contributed by atoms with Crippen molar-refractivity contribution in [2.45, 2.75) is 25.4 Å². The van der Waals surface area contributed by atoms with Crippen LogP contribution in [0.1, 0.15) is 31.1 Å². The fourth-order valence-electron chi connectivity index (χ4n) is 1.46. The van der Waals surface area contributed by atoms with Crippen LogP contribution in [0.4, 0.5) is 5.95 Å². The second kappa shape index (κ2) is 3.66. The van der Waals surface area contributed by atoms with E-state index in [1.54, 1.807) is 6.20 Å². The third-order valence-corrected chi connectivity index (χ3v) is 2.10. The standard InChI is InChI=1S/C8H12N4O/c9-8-11-6(5-10-12-8)7-3-1-2-4-13-7/h5,7H,1-4H2,(H2,9,11,12). The number of nitrogen functional groups attached to an aromatic ring is 1. The van der Waals surface area contributed by atoms with Gasteiger partial charge in [0.25, 0.3) is 0 Å². The first kappa shape index (κ1) is 8.37. The van der Waals surface area contributed by atoms with Gasteiger partial charge in [-0.05, 0) is 19.3 Å². The van der Waals surface area contributed by atoms with Gasteiger partial charge in [-0.3, -0.25) is 0 Å². The van der Waals surface area contributed by atoms with Crippen LogP contribution < -0.4 is 5.73 Å². The third-order valence-electron chi connectivity index (χ3n) is 2.10. The van der Waals surface area contributed by atoms with Gasteiger partial charge in [-0.15, -0.1) is 5.10 Å². The molecule has 1 unspecified atom stereocenters. The van der Waals surface area contributed by atoms with Gasteiger partial charge in [0.2, 0.25) is 5.95 Å². The summed E-state index contributed by atoms with van der Waals surface area (Å²) in [5.41, 5.74) is 6.22. The Balaban J connectivity index is 2.14. The van der Waals surface area contributed by atoms with Crippen LogP contribution in [0.5, 0.6) is 0 Å². The van der Waals surface area contributed by atoms with Gasteiger partial charge in [0, 0.05) is 6.61 Å². The molecule has 1 aromatic rings. The van der Waals surface area contributed by atoms with E-state index in [-0.39, 0.29) is 12.1 Å². The highest BCUT2D eigenvalue weighted by atomic mass is 16.5. The maximum absolute atomic E-state index is 5.53. The zero-order valence-electron chi connectivity index (χ0n) is 7.31. The fourth-order valence-corrected chi connectivity index (χ4v) is 1.46. The Labute approximate surface area is 76.3 Å². The summed E-state index contributed by atoms with van der Waals surface area (Å²) < 4.78 is 5.53. The number of hydrogen-bond acceptors (Lipinski definition) is 5.